The average molecular weight is 238 g/mol. The van der Waals surface area contributed by atoms with Gasteiger partial charge in [0.15, 0.2) is 0 Å². The molecule has 0 fully saturated rings. The Morgan fingerprint density at radius 2 is 1.82 bits per heavy atom. The van der Waals surface area contributed by atoms with E-state index in [2.05, 4.69) is 0 Å². The molecule has 1 aromatic rings. The van der Waals surface area contributed by atoms with Gasteiger partial charge in [0.25, 0.3) is 0 Å². The standard InChI is InChI=1S/C12H18N2O3/c1-7-8(2)11(17-5)9(6-10(7)16-4)14(3)12(13)15/h6H,1-5H3,(H2,13,15). The molecular weight excluding hydrogens is 220 g/mol. The largest absolute Gasteiger partial charge is 0.496 e. The van der Waals surface area contributed by atoms with Crippen LogP contribution in [0.3, 0.4) is 0 Å². The summed E-state index contributed by atoms with van der Waals surface area (Å²) in [5, 5.41) is 0. The van der Waals surface area contributed by atoms with Gasteiger partial charge in [0.2, 0.25) is 0 Å². The molecule has 0 spiro atoms. The molecule has 0 atom stereocenters. The summed E-state index contributed by atoms with van der Waals surface area (Å²) in [6.45, 7) is 3.85. The fourth-order valence-corrected chi connectivity index (χ4v) is 1.68. The van der Waals surface area contributed by atoms with Crippen molar-refractivity contribution in [1.29, 1.82) is 0 Å². The topological polar surface area (TPSA) is 64.8 Å². The number of rotatable bonds is 3. The van der Waals surface area contributed by atoms with Gasteiger partial charge in [-0.2, -0.15) is 0 Å². The fourth-order valence-electron chi connectivity index (χ4n) is 1.68. The smallest absolute Gasteiger partial charge is 0.319 e. The molecule has 5 nitrogen and oxygen atoms in total. The fraction of sp³-hybridized carbons (Fsp3) is 0.417. The Balaban J connectivity index is 3.47. The first-order valence-corrected chi connectivity index (χ1v) is 5.19. The molecule has 1 rings (SSSR count). The van der Waals surface area contributed by atoms with E-state index in [1.807, 2.05) is 13.8 Å². The highest BCUT2D eigenvalue weighted by molar-refractivity contribution is 5.92. The van der Waals surface area contributed by atoms with Crippen LogP contribution in [0.25, 0.3) is 0 Å². The number of nitrogens with zero attached hydrogens (tertiary/aromatic N) is 1. The predicted octanol–water partition coefficient (Wildman–Crippen LogP) is 1.84. The molecular formula is C12H18N2O3. The summed E-state index contributed by atoms with van der Waals surface area (Å²) < 4.78 is 10.6. The van der Waals surface area contributed by atoms with E-state index in [9.17, 15) is 4.79 Å². The van der Waals surface area contributed by atoms with Crippen molar-refractivity contribution in [3.63, 3.8) is 0 Å². The van der Waals surface area contributed by atoms with E-state index in [1.54, 1.807) is 27.3 Å². The number of hydrogen-bond acceptors (Lipinski definition) is 3. The van der Waals surface area contributed by atoms with Crippen LogP contribution < -0.4 is 20.1 Å². The molecule has 0 aliphatic rings. The maximum atomic E-state index is 11.2. The lowest BCUT2D eigenvalue weighted by molar-refractivity contribution is 0.255. The Hall–Kier alpha value is -1.91. The lowest BCUT2D eigenvalue weighted by Gasteiger charge is -2.22. The summed E-state index contributed by atoms with van der Waals surface area (Å²) in [4.78, 5) is 12.5. The van der Waals surface area contributed by atoms with E-state index in [0.717, 1.165) is 11.1 Å². The number of anilines is 1. The number of carbonyl (C=O) groups excluding carboxylic acids is 1. The zero-order valence-electron chi connectivity index (χ0n) is 10.8. The van der Waals surface area contributed by atoms with E-state index in [4.69, 9.17) is 15.2 Å². The molecule has 0 aliphatic heterocycles. The number of urea groups is 1. The second-order valence-corrected chi connectivity index (χ2v) is 3.78. The zero-order chi connectivity index (χ0) is 13.2. The second-order valence-electron chi connectivity index (χ2n) is 3.78. The SMILES string of the molecule is COc1cc(N(C)C(N)=O)c(OC)c(C)c1C. The highest BCUT2D eigenvalue weighted by Gasteiger charge is 2.18. The Morgan fingerprint density at radius 1 is 1.24 bits per heavy atom. The highest BCUT2D eigenvalue weighted by atomic mass is 16.5. The summed E-state index contributed by atoms with van der Waals surface area (Å²) >= 11 is 0. The molecule has 94 valence electrons. The molecule has 0 saturated heterocycles. The molecule has 1 aromatic carbocycles. The van der Waals surface area contributed by atoms with Crippen molar-refractivity contribution >= 4 is 11.7 Å². The van der Waals surface area contributed by atoms with Crippen molar-refractivity contribution in [3.8, 4) is 11.5 Å². The van der Waals surface area contributed by atoms with Crippen molar-refractivity contribution in [1.82, 2.24) is 0 Å². The first-order valence-electron chi connectivity index (χ1n) is 5.19. The molecule has 0 aromatic heterocycles. The van der Waals surface area contributed by atoms with Crippen molar-refractivity contribution in [2.24, 2.45) is 5.73 Å². The van der Waals surface area contributed by atoms with Crippen molar-refractivity contribution < 1.29 is 14.3 Å². The van der Waals surface area contributed by atoms with Gasteiger partial charge in [0, 0.05) is 13.1 Å². The van der Waals surface area contributed by atoms with Crippen LogP contribution in [0.2, 0.25) is 0 Å². The number of methoxy groups -OCH3 is 2. The quantitative estimate of drug-likeness (QED) is 0.873. The Labute approximate surface area is 101 Å². The number of ether oxygens (including phenoxy) is 2. The number of hydrogen-bond donors (Lipinski definition) is 1. The lowest BCUT2D eigenvalue weighted by atomic mass is 10.1. The van der Waals surface area contributed by atoms with Gasteiger partial charge in [-0.25, -0.2) is 4.79 Å². The maximum Gasteiger partial charge on any atom is 0.319 e. The van der Waals surface area contributed by atoms with Crippen LogP contribution in [0.5, 0.6) is 11.5 Å². The molecule has 17 heavy (non-hydrogen) atoms. The van der Waals surface area contributed by atoms with E-state index < -0.39 is 6.03 Å². The molecule has 0 heterocycles. The Bertz CT molecular complexity index is 444. The van der Waals surface area contributed by atoms with Crippen molar-refractivity contribution in [2.75, 3.05) is 26.2 Å². The van der Waals surface area contributed by atoms with Crippen LogP contribution in [0, 0.1) is 13.8 Å². The first-order chi connectivity index (χ1) is 7.93. The third-order valence-electron chi connectivity index (χ3n) is 2.89. The average Bonchev–Trinajstić information content (AvgIpc) is 2.31. The van der Waals surface area contributed by atoms with E-state index in [-0.39, 0.29) is 0 Å². The third kappa shape index (κ3) is 2.27. The molecule has 0 unspecified atom stereocenters. The lowest BCUT2D eigenvalue weighted by Crippen LogP contribution is -2.32. The summed E-state index contributed by atoms with van der Waals surface area (Å²) in [6, 6.07) is 1.19. The van der Waals surface area contributed by atoms with Gasteiger partial charge in [-0.15, -0.1) is 0 Å². The van der Waals surface area contributed by atoms with Gasteiger partial charge in [0.05, 0.1) is 19.9 Å². The van der Waals surface area contributed by atoms with Crippen LogP contribution in [0.4, 0.5) is 10.5 Å². The van der Waals surface area contributed by atoms with E-state index in [1.165, 1.54) is 4.90 Å². The first kappa shape index (κ1) is 13.2. The number of nitrogens with two attached hydrogens (primary N) is 1. The van der Waals surface area contributed by atoms with Gasteiger partial charge in [0.1, 0.15) is 11.5 Å². The second kappa shape index (κ2) is 4.95. The van der Waals surface area contributed by atoms with Crippen molar-refractivity contribution in [2.45, 2.75) is 13.8 Å². The van der Waals surface area contributed by atoms with Gasteiger partial charge in [-0.1, -0.05) is 0 Å². The van der Waals surface area contributed by atoms with E-state index in [0.29, 0.717) is 17.2 Å². The Morgan fingerprint density at radius 3 is 2.24 bits per heavy atom. The summed E-state index contributed by atoms with van der Waals surface area (Å²) in [7, 11) is 4.74. The molecule has 5 heteroatoms. The molecule has 0 radical (unpaired) electrons. The molecule has 0 saturated carbocycles. The van der Waals surface area contributed by atoms with Crippen LogP contribution in [0.1, 0.15) is 11.1 Å². The van der Waals surface area contributed by atoms with Gasteiger partial charge < -0.3 is 15.2 Å². The molecule has 2 N–H and O–H groups in total. The van der Waals surface area contributed by atoms with Crippen molar-refractivity contribution in [3.05, 3.63) is 17.2 Å². The van der Waals surface area contributed by atoms with E-state index >= 15 is 0 Å². The minimum Gasteiger partial charge on any atom is -0.496 e. The van der Waals surface area contributed by atoms with Gasteiger partial charge in [-0.3, -0.25) is 4.90 Å². The third-order valence-corrected chi connectivity index (χ3v) is 2.89. The van der Waals surface area contributed by atoms with Gasteiger partial charge >= 0.3 is 6.03 Å². The summed E-state index contributed by atoms with van der Waals surface area (Å²) in [6.07, 6.45) is 0. The summed E-state index contributed by atoms with van der Waals surface area (Å²) in [5.41, 5.74) is 7.76. The van der Waals surface area contributed by atoms with Crippen LogP contribution in [0.15, 0.2) is 6.07 Å². The Kier molecular flexibility index (Phi) is 3.83. The van der Waals surface area contributed by atoms with Crippen LogP contribution >= 0.6 is 0 Å². The molecule has 0 bridgehead atoms. The monoisotopic (exact) mass is 238 g/mol. The minimum atomic E-state index is -0.548. The molecule has 0 aliphatic carbocycles. The highest BCUT2D eigenvalue weighted by Crippen LogP contribution is 2.38. The number of benzene rings is 1. The van der Waals surface area contributed by atoms with Crippen LogP contribution in [-0.2, 0) is 0 Å². The number of primary amides is 1. The van der Waals surface area contributed by atoms with Crippen LogP contribution in [-0.4, -0.2) is 27.3 Å². The zero-order valence-corrected chi connectivity index (χ0v) is 10.8. The maximum absolute atomic E-state index is 11.2. The summed E-state index contributed by atoms with van der Waals surface area (Å²) in [5.74, 6) is 1.33. The van der Waals surface area contributed by atoms with Gasteiger partial charge in [-0.05, 0) is 25.0 Å². The molecule has 2 amide bonds. The predicted molar refractivity (Wildman–Crippen MR) is 67.0 cm³/mol. The number of carbonyl (C=O) groups is 1. The minimum absolute atomic E-state index is 0.548. The normalized spacial score (nSPS) is 9.94. The number of amides is 2.